The van der Waals surface area contributed by atoms with E-state index in [0.29, 0.717) is 26.4 Å². The Morgan fingerprint density at radius 2 is 2.20 bits per heavy atom. The highest BCUT2D eigenvalue weighted by molar-refractivity contribution is 9.10. The van der Waals surface area contributed by atoms with Crippen LogP contribution in [0.25, 0.3) is 0 Å². The summed E-state index contributed by atoms with van der Waals surface area (Å²) in [4.78, 5) is 0. The summed E-state index contributed by atoms with van der Waals surface area (Å²) in [7, 11) is 1.68. The molecule has 3 N–H and O–H groups in total. The minimum absolute atomic E-state index is 0.0682. The fourth-order valence-corrected chi connectivity index (χ4v) is 2.70. The molecule has 0 radical (unpaired) electrons. The quantitative estimate of drug-likeness (QED) is 0.771. The number of benzene rings is 1. The van der Waals surface area contributed by atoms with Crippen LogP contribution in [0.1, 0.15) is 18.0 Å². The normalized spacial score (nSPS) is 15.8. The fourth-order valence-electron chi connectivity index (χ4n) is 2.12. The van der Waals surface area contributed by atoms with Crippen LogP contribution < -0.4 is 20.5 Å². The van der Waals surface area contributed by atoms with Crippen LogP contribution in [-0.2, 0) is 4.74 Å². The summed E-state index contributed by atoms with van der Waals surface area (Å²) in [5, 5.41) is 3.37. The van der Waals surface area contributed by atoms with Crippen LogP contribution in [0.4, 0.5) is 0 Å². The van der Waals surface area contributed by atoms with Gasteiger partial charge in [0.15, 0.2) is 11.5 Å². The molecule has 1 heterocycles. The third-order valence-corrected chi connectivity index (χ3v) is 3.75. The van der Waals surface area contributed by atoms with Crippen LogP contribution in [-0.4, -0.2) is 40.0 Å². The van der Waals surface area contributed by atoms with Gasteiger partial charge in [0.25, 0.3) is 0 Å². The molecule has 0 spiro atoms. The number of halogens is 1. The SMILES string of the molecule is COCCNC(CN)c1cc(Br)c2c(c1)OCCCO2. The Bertz CT molecular complexity index is 443. The van der Waals surface area contributed by atoms with E-state index in [1.807, 2.05) is 12.1 Å². The third kappa shape index (κ3) is 3.85. The second kappa shape index (κ2) is 7.83. The highest BCUT2D eigenvalue weighted by Crippen LogP contribution is 2.39. The van der Waals surface area contributed by atoms with E-state index < -0.39 is 0 Å². The van der Waals surface area contributed by atoms with Gasteiger partial charge in [0, 0.05) is 32.7 Å². The molecule has 0 bridgehead atoms. The number of ether oxygens (including phenoxy) is 3. The highest BCUT2D eigenvalue weighted by Gasteiger charge is 2.18. The first-order valence-corrected chi connectivity index (χ1v) is 7.57. The molecule has 0 aliphatic carbocycles. The lowest BCUT2D eigenvalue weighted by molar-refractivity contribution is 0.196. The van der Waals surface area contributed by atoms with Crippen molar-refractivity contribution in [1.29, 1.82) is 0 Å². The molecule has 1 unspecified atom stereocenters. The van der Waals surface area contributed by atoms with Gasteiger partial charge in [-0.15, -0.1) is 0 Å². The van der Waals surface area contributed by atoms with Crippen LogP contribution in [0.3, 0.4) is 0 Å². The Balaban J connectivity index is 2.18. The van der Waals surface area contributed by atoms with E-state index in [4.69, 9.17) is 19.9 Å². The molecule has 1 aliphatic heterocycles. The van der Waals surface area contributed by atoms with E-state index in [1.54, 1.807) is 7.11 Å². The summed E-state index contributed by atoms with van der Waals surface area (Å²) in [5.74, 6) is 1.55. The third-order valence-electron chi connectivity index (χ3n) is 3.16. The lowest BCUT2D eigenvalue weighted by Crippen LogP contribution is -2.30. The summed E-state index contributed by atoms with van der Waals surface area (Å²) in [5.41, 5.74) is 6.94. The molecule has 1 aromatic rings. The predicted octanol–water partition coefficient (Wildman–Crippen LogP) is 1.85. The molecule has 0 saturated heterocycles. The molecule has 20 heavy (non-hydrogen) atoms. The maximum atomic E-state index is 5.85. The number of rotatable bonds is 6. The number of fused-ring (bicyclic) bond motifs is 1. The Labute approximate surface area is 127 Å². The number of hydrogen-bond acceptors (Lipinski definition) is 5. The lowest BCUT2D eigenvalue weighted by Gasteiger charge is -2.19. The number of methoxy groups -OCH3 is 1. The Morgan fingerprint density at radius 3 is 2.95 bits per heavy atom. The zero-order valence-electron chi connectivity index (χ0n) is 11.7. The van der Waals surface area contributed by atoms with Crippen molar-refractivity contribution in [2.45, 2.75) is 12.5 Å². The summed E-state index contributed by atoms with van der Waals surface area (Å²) in [6, 6.07) is 4.10. The Morgan fingerprint density at radius 1 is 1.40 bits per heavy atom. The molecule has 2 rings (SSSR count). The van der Waals surface area contributed by atoms with Crippen LogP contribution >= 0.6 is 15.9 Å². The molecule has 1 aliphatic rings. The minimum Gasteiger partial charge on any atom is -0.490 e. The summed E-state index contributed by atoms with van der Waals surface area (Å²) < 4.78 is 17.4. The van der Waals surface area contributed by atoms with E-state index in [1.165, 1.54) is 0 Å². The monoisotopic (exact) mass is 344 g/mol. The summed E-state index contributed by atoms with van der Waals surface area (Å²) in [6.45, 7) is 3.27. The van der Waals surface area contributed by atoms with Crippen molar-refractivity contribution in [3.8, 4) is 11.5 Å². The molecule has 6 heteroatoms. The maximum Gasteiger partial charge on any atom is 0.175 e. The fraction of sp³-hybridized carbons (Fsp3) is 0.571. The van der Waals surface area contributed by atoms with Crippen molar-refractivity contribution >= 4 is 15.9 Å². The van der Waals surface area contributed by atoms with Crippen LogP contribution in [0.2, 0.25) is 0 Å². The van der Waals surface area contributed by atoms with Gasteiger partial charge < -0.3 is 25.3 Å². The van der Waals surface area contributed by atoms with Gasteiger partial charge >= 0.3 is 0 Å². The van der Waals surface area contributed by atoms with Gasteiger partial charge in [0.2, 0.25) is 0 Å². The first kappa shape index (κ1) is 15.6. The van der Waals surface area contributed by atoms with E-state index >= 15 is 0 Å². The number of hydrogen-bond donors (Lipinski definition) is 2. The highest BCUT2D eigenvalue weighted by atomic mass is 79.9. The van der Waals surface area contributed by atoms with Gasteiger partial charge in [0.1, 0.15) is 0 Å². The average Bonchev–Trinajstić information content (AvgIpc) is 2.69. The molecule has 5 nitrogen and oxygen atoms in total. The van der Waals surface area contributed by atoms with E-state index in [0.717, 1.165) is 34.5 Å². The standard InChI is InChI=1S/C14H21BrN2O3/c1-18-6-3-17-12(9-16)10-7-11(15)14-13(8-10)19-4-2-5-20-14/h7-8,12,17H,2-6,9,16H2,1H3. The van der Waals surface area contributed by atoms with E-state index in [-0.39, 0.29) is 6.04 Å². The van der Waals surface area contributed by atoms with Crippen molar-refractivity contribution in [3.63, 3.8) is 0 Å². The average molecular weight is 345 g/mol. The molecular formula is C14H21BrN2O3. The van der Waals surface area contributed by atoms with Crippen LogP contribution in [0.5, 0.6) is 11.5 Å². The Hall–Kier alpha value is -0.820. The number of nitrogens with one attached hydrogen (secondary N) is 1. The largest absolute Gasteiger partial charge is 0.490 e. The molecule has 1 aromatic carbocycles. The summed E-state index contributed by atoms with van der Waals surface area (Å²) in [6.07, 6.45) is 0.892. The van der Waals surface area contributed by atoms with Crippen LogP contribution in [0, 0.1) is 0 Å². The number of nitrogens with two attached hydrogens (primary N) is 1. The molecule has 0 amide bonds. The van der Waals surface area contributed by atoms with Crippen molar-refractivity contribution < 1.29 is 14.2 Å². The van der Waals surface area contributed by atoms with Crippen LogP contribution in [0.15, 0.2) is 16.6 Å². The van der Waals surface area contributed by atoms with Crippen molar-refractivity contribution in [1.82, 2.24) is 5.32 Å². The lowest BCUT2D eigenvalue weighted by atomic mass is 10.1. The zero-order valence-corrected chi connectivity index (χ0v) is 13.2. The topological polar surface area (TPSA) is 65.7 Å². The van der Waals surface area contributed by atoms with Gasteiger partial charge in [-0.25, -0.2) is 0 Å². The molecule has 112 valence electrons. The van der Waals surface area contributed by atoms with Gasteiger partial charge in [-0.05, 0) is 33.6 Å². The second-order valence-corrected chi connectivity index (χ2v) is 5.47. The van der Waals surface area contributed by atoms with Crippen molar-refractivity contribution in [3.05, 3.63) is 22.2 Å². The smallest absolute Gasteiger partial charge is 0.175 e. The second-order valence-electron chi connectivity index (χ2n) is 4.62. The molecule has 1 atom stereocenters. The molecule has 0 aromatic heterocycles. The Kier molecular flexibility index (Phi) is 6.09. The van der Waals surface area contributed by atoms with E-state index in [2.05, 4.69) is 21.2 Å². The summed E-state index contributed by atoms with van der Waals surface area (Å²) >= 11 is 3.55. The van der Waals surface area contributed by atoms with Crippen molar-refractivity contribution in [2.75, 3.05) is 40.0 Å². The first-order valence-electron chi connectivity index (χ1n) is 6.77. The molecule has 0 saturated carbocycles. The van der Waals surface area contributed by atoms with E-state index in [9.17, 15) is 0 Å². The minimum atomic E-state index is 0.0682. The van der Waals surface area contributed by atoms with Crippen molar-refractivity contribution in [2.24, 2.45) is 5.73 Å². The first-order chi connectivity index (χ1) is 9.76. The van der Waals surface area contributed by atoms with Gasteiger partial charge in [-0.2, -0.15) is 0 Å². The van der Waals surface area contributed by atoms with Gasteiger partial charge in [-0.1, -0.05) is 0 Å². The van der Waals surface area contributed by atoms with Gasteiger partial charge in [0.05, 0.1) is 24.3 Å². The van der Waals surface area contributed by atoms with Gasteiger partial charge in [-0.3, -0.25) is 0 Å². The predicted molar refractivity (Wildman–Crippen MR) is 81.4 cm³/mol. The zero-order chi connectivity index (χ0) is 14.4. The molecule has 0 fully saturated rings. The maximum absolute atomic E-state index is 5.85. The molecular weight excluding hydrogens is 324 g/mol.